The van der Waals surface area contributed by atoms with Gasteiger partial charge in [-0.2, -0.15) is 0 Å². The summed E-state index contributed by atoms with van der Waals surface area (Å²) in [5, 5.41) is 10.7. The maximum absolute atomic E-state index is 13.0. The lowest BCUT2D eigenvalue weighted by molar-refractivity contribution is -0.123. The van der Waals surface area contributed by atoms with E-state index in [9.17, 15) is 9.18 Å². The van der Waals surface area contributed by atoms with Crippen LogP contribution in [0.25, 0.3) is 5.69 Å². The van der Waals surface area contributed by atoms with Crippen LogP contribution in [-0.4, -0.2) is 27.3 Å². The fraction of sp³-hybridized carbons (Fsp3) is 0.118. The minimum Gasteiger partial charge on any atom is -0.482 e. The molecule has 3 aromatic rings. The van der Waals surface area contributed by atoms with Gasteiger partial charge in [-0.1, -0.05) is 29.8 Å². The van der Waals surface area contributed by atoms with Crippen molar-refractivity contribution in [3.63, 3.8) is 0 Å². The lowest BCUT2D eigenvalue weighted by atomic mass is 10.3. The van der Waals surface area contributed by atoms with Crippen LogP contribution >= 0.6 is 11.6 Å². The molecule has 0 saturated carbocycles. The van der Waals surface area contributed by atoms with Crippen molar-refractivity contribution in [2.45, 2.75) is 6.54 Å². The summed E-state index contributed by atoms with van der Waals surface area (Å²) in [5.74, 6) is -0.00455. The van der Waals surface area contributed by atoms with E-state index < -0.39 is 5.82 Å². The Bertz CT molecular complexity index is 870. The van der Waals surface area contributed by atoms with E-state index >= 15 is 0 Å². The van der Waals surface area contributed by atoms with E-state index in [0.29, 0.717) is 5.82 Å². The minimum atomic E-state index is -0.470. The predicted molar refractivity (Wildman–Crippen MR) is 90.1 cm³/mol. The molecular formula is C17H14ClFN4O2. The van der Waals surface area contributed by atoms with Crippen LogP contribution in [0.1, 0.15) is 5.82 Å². The van der Waals surface area contributed by atoms with Crippen LogP contribution in [0, 0.1) is 5.82 Å². The molecular weight excluding hydrogens is 347 g/mol. The van der Waals surface area contributed by atoms with Gasteiger partial charge in [-0.15, -0.1) is 10.2 Å². The standard InChI is InChI=1S/C17H14ClFN4O2/c18-14-8-12(19)6-7-15(14)25-10-17(24)20-9-16-22-21-11-23(16)13-4-2-1-3-5-13/h1-8,11H,9-10H2,(H,20,24). The number of benzene rings is 2. The van der Waals surface area contributed by atoms with Gasteiger partial charge < -0.3 is 10.1 Å². The van der Waals surface area contributed by atoms with E-state index in [4.69, 9.17) is 16.3 Å². The molecule has 0 radical (unpaired) electrons. The van der Waals surface area contributed by atoms with Crippen LogP contribution in [0.15, 0.2) is 54.9 Å². The normalized spacial score (nSPS) is 10.5. The van der Waals surface area contributed by atoms with Crippen molar-refractivity contribution < 1.29 is 13.9 Å². The highest BCUT2D eigenvalue weighted by molar-refractivity contribution is 6.32. The topological polar surface area (TPSA) is 69.0 Å². The first-order valence-electron chi connectivity index (χ1n) is 7.42. The average molecular weight is 361 g/mol. The zero-order valence-corrected chi connectivity index (χ0v) is 13.8. The van der Waals surface area contributed by atoms with Gasteiger partial charge in [-0.25, -0.2) is 4.39 Å². The van der Waals surface area contributed by atoms with Gasteiger partial charge >= 0.3 is 0 Å². The van der Waals surface area contributed by atoms with Crippen LogP contribution in [0.5, 0.6) is 5.75 Å². The average Bonchev–Trinajstić information content (AvgIpc) is 3.08. The van der Waals surface area contributed by atoms with Gasteiger partial charge in [0.15, 0.2) is 12.4 Å². The molecule has 25 heavy (non-hydrogen) atoms. The number of ether oxygens (including phenoxy) is 1. The van der Waals surface area contributed by atoms with E-state index in [1.54, 1.807) is 10.9 Å². The van der Waals surface area contributed by atoms with Gasteiger partial charge in [-0.3, -0.25) is 9.36 Å². The number of aromatic nitrogens is 3. The number of para-hydroxylation sites is 1. The molecule has 0 aliphatic rings. The molecule has 1 N–H and O–H groups in total. The van der Waals surface area contributed by atoms with Crippen LogP contribution in [0.4, 0.5) is 4.39 Å². The van der Waals surface area contributed by atoms with E-state index in [1.165, 1.54) is 12.1 Å². The highest BCUT2D eigenvalue weighted by Gasteiger charge is 2.10. The van der Waals surface area contributed by atoms with Gasteiger partial charge in [0.05, 0.1) is 11.6 Å². The third kappa shape index (κ3) is 4.33. The summed E-state index contributed by atoms with van der Waals surface area (Å²) in [4.78, 5) is 11.9. The molecule has 0 unspecified atom stereocenters. The van der Waals surface area contributed by atoms with E-state index in [0.717, 1.165) is 11.8 Å². The molecule has 3 rings (SSSR count). The molecule has 128 valence electrons. The second-order valence-electron chi connectivity index (χ2n) is 5.09. The first-order valence-corrected chi connectivity index (χ1v) is 7.80. The van der Waals surface area contributed by atoms with Crippen molar-refractivity contribution in [1.82, 2.24) is 20.1 Å². The molecule has 0 atom stereocenters. The lowest BCUT2D eigenvalue weighted by Crippen LogP contribution is -2.29. The zero-order chi connectivity index (χ0) is 17.6. The van der Waals surface area contributed by atoms with Crippen molar-refractivity contribution in [2.75, 3.05) is 6.61 Å². The van der Waals surface area contributed by atoms with Crippen LogP contribution < -0.4 is 10.1 Å². The number of amides is 1. The van der Waals surface area contributed by atoms with Crippen LogP contribution in [0.2, 0.25) is 5.02 Å². The maximum Gasteiger partial charge on any atom is 0.258 e. The first-order chi connectivity index (χ1) is 12.1. The quantitative estimate of drug-likeness (QED) is 0.734. The molecule has 0 aliphatic carbocycles. The van der Waals surface area contributed by atoms with Gasteiger partial charge in [0.2, 0.25) is 0 Å². The Morgan fingerprint density at radius 1 is 1.24 bits per heavy atom. The summed E-state index contributed by atoms with van der Waals surface area (Å²) in [7, 11) is 0. The monoisotopic (exact) mass is 360 g/mol. The van der Waals surface area contributed by atoms with E-state index in [2.05, 4.69) is 15.5 Å². The van der Waals surface area contributed by atoms with Gasteiger partial charge in [-0.05, 0) is 30.3 Å². The summed E-state index contributed by atoms with van der Waals surface area (Å²) in [5.41, 5.74) is 0.895. The van der Waals surface area contributed by atoms with Gasteiger partial charge in [0.1, 0.15) is 17.9 Å². The Labute approximate surface area is 148 Å². The summed E-state index contributed by atoms with van der Waals surface area (Å²) in [6.45, 7) is -0.0565. The number of hydrogen-bond acceptors (Lipinski definition) is 4. The Balaban J connectivity index is 1.56. The predicted octanol–water partition coefficient (Wildman–Crippen LogP) is 2.76. The third-order valence-electron chi connectivity index (χ3n) is 3.35. The Morgan fingerprint density at radius 3 is 2.80 bits per heavy atom. The minimum absolute atomic E-state index is 0.108. The van der Waals surface area contributed by atoms with Gasteiger partial charge in [0.25, 0.3) is 5.91 Å². The van der Waals surface area contributed by atoms with Crippen LogP contribution in [-0.2, 0) is 11.3 Å². The smallest absolute Gasteiger partial charge is 0.258 e. The molecule has 1 heterocycles. The molecule has 2 aromatic carbocycles. The van der Waals surface area contributed by atoms with E-state index in [1.807, 2.05) is 30.3 Å². The Kier molecular flexibility index (Phi) is 5.25. The molecule has 8 heteroatoms. The molecule has 0 aliphatic heterocycles. The molecule has 0 fully saturated rings. The fourth-order valence-corrected chi connectivity index (χ4v) is 2.37. The molecule has 6 nitrogen and oxygen atoms in total. The summed E-state index contributed by atoms with van der Waals surface area (Å²) in [6.07, 6.45) is 1.58. The van der Waals surface area contributed by atoms with Crippen LogP contribution in [0.3, 0.4) is 0 Å². The number of halogens is 2. The summed E-state index contributed by atoms with van der Waals surface area (Å²) < 4.78 is 20.0. The van der Waals surface area contributed by atoms with Crippen molar-refractivity contribution in [2.24, 2.45) is 0 Å². The maximum atomic E-state index is 13.0. The lowest BCUT2D eigenvalue weighted by Gasteiger charge is -2.09. The van der Waals surface area contributed by atoms with Crippen molar-refractivity contribution in [3.05, 3.63) is 71.5 Å². The second kappa shape index (κ2) is 7.76. The fourth-order valence-electron chi connectivity index (χ4n) is 2.15. The first kappa shape index (κ1) is 16.9. The number of nitrogens with one attached hydrogen (secondary N) is 1. The number of nitrogens with zero attached hydrogens (tertiary/aromatic N) is 3. The van der Waals surface area contributed by atoms with Crippen molar-refractivity contribution >= 4 is 17.5 Å². The summed E-state index contributed by atoms with van der Waals surface area (Å²) in [6, 6.07) is 13.2. The molecule has 0 bridgehead atoms. The van der Waals surface area contributed by atoms with Gasteiger partial charge in [0, 0.05) is 5.69 Å². The zero-order valence-electron chi connectivity index (χ0n) is 13.0. The second-order valence-corrected chi connectivity index (χ2v) is 5.50. The largest absolute Gasteiger partial charge is 0.482 e. The highest BCUT2D eigenvalue weighted by atomic mass is 35.5. The molecule has 1 amide bonds. The molecule has 0 spiro atoms. The third-order valence-corrected chi connectivity index (χ3v) is 3.64. The number of carbonyl (C=O) groups excluding carboxylic acids is 1. The molecule has 0 saturated heterocycles. The number of carbonyl (C=O) groups is 1. The van der Waals surface area contributed by atoms with Crippen molar-refractivity contribution in [1.29, 1.82) is 0 Å². The Morgan fingerprint density at radius 2 is 2.04 bits per heavy atom. The number of rotatable bonds is 6. The highest BCUT2D eigenvalue weighted by Crippen LogP contribution is 2.24. The number of hydrogen-bond donors (Lipinski definition) is 1. The molecule has 1 aromatic heterocycles. The SMILES string of the molecule is O=C(COc1ccc(F)cc1Cl)NCc1nncn1-c1ccccc1. The summed E-state index contributed by atoms with van der Waals surface area (Å²) >= 11 is 5.84. The Hall–Kier alpha value is -2.93. The van der Waals surface area contributed by atoms with Crippen molar-refractivity contribution in [3.8, 4) is 11.4 Å². The van der Waals surface area contributed by atoms with E-state index in [-0.39, 0.29) is 29.8 Å².